The molecular weight excluding hydrogens is 206 g/mol. The highest BCUT2D eigenvalue weighted by atomic mass is 35.5. The predicted octanol–water partition coefficient (Wildman–Crippen LogP) is 3.38. The van der Waals surface area contributed by atoms with Crippen molar-refractivity contribution in [3.05, 3.63) is 47.0 Å². The smallest absolute Gasteiger partial charge is 0.0412 e. The van der Waals surface area contributed by atoms with E-state index in [1.807, 2.05) is 12.1 Å². The van der Waals surface area contributed by atoms with Gasteiger partial charge in [-0.2, -0.15) is 0 Å². The van der Waals surface area contributed by atoms with Crippen LogP contribution in [-0.4, -0.2) is 6.54 Å². The molecule has 0 heterocycles. The third-order valence-electron chi connectivity index (χ3n) is 2.54. The zero-order chi connectivity index (χ0) is 10.7. The van der Waals surface area contributed by atoms with Crippen LogP contribution in [0.2, 0.25) is 5.02 Å². The number of hydrogen-bond acceptors (Lipinski definition) is 1. The molecule has 0 radical (unpaired) electrons. The lowest BCUT2D eigenvalue weighted by Crippen LogP contribution is -2.00. The normalized spacial score (nSPS) is 10.8. The molecule has 0 atom stereocenters. The standard InChI is InChI=1S/C13H14ClN/c14-13-6-5-11-8-10(2-1-7-15)3-4-12(11)9-13/h3-6,8-9H,1-2,7,15H2. The van der Waals surface area contributed by atoms with Crippen molar-refractivity contribution in [2.45, 2.75) is 12.8 Å². The Morgan fingerprint density at radius 3 is 2.53 bits per heavy atom. The van der Waals surface area contributed by atoms with Gasteiger partial charge in [0.25, 0.3) is 0 Å². The van der Waals surface area contributed by atoms with Gasteiger partial charge in [-0.25, -0.2) is 0 Å². The maximum absolute atomic E-state index is 5.93. The Morgan fingerprint density at radius 1 is 1.00 bits per heavy atom. The zero-order valence-corrected chi connectivity index (χ0v) is 9.30. The Bertz CT molecular complexity index is 465. The first-order valence-electron chi connectivity index (χ1n) is 5.18. The van der Waals surface area contributed by atoms with E-state index < -0.39 is 0 Å². The Hall–Kier alpha value is -1.05. The van der Waals surface area contributed by atoms with Gasteiger partial charge in [-0.3, -0.25) is 0 Å². The van der Waals surface area contributed by atoms with E-state index >= 15 is 0 Å². The minimum atomic E-state index is 0.749. The average Bonchev–Trinajstić information content (AvgIpc) is 2.26. The fourth-order valence-electron chi connectivity index (χ4n) is 1.73. The molecule has 0 fully saturated rings. The molecule has 0 aromatic heterocycles. The summed E-state index contributed by atoms with van der Waals surface area (Å²) >= 11 is 5.93. The minimum absolute atomic E-state index is 0.749. The van der Waals surface area contributed by atoms with E-state index in [0.29, 0.717) is 0 Å². The van der Waals surface area contributed by atoms with E-state index in [1.165, 1.54) is 16.3 Å². The van der Waals surface area contributed by atoms with Crippen LogP contribution in [0.1, 0.15) is 12.0 Å². The fourth-order valence-corrected chi connectivity index (χ4v) is 1.91. The van der Waals surface area contributed by atoms with Crippen molar-refractivity contribution >= 4 is 22.4 Å². The highest BCUT2D eigenvalue weighted by Gasteiger charge is 1.97. The summed E-state index contributed by atoms with van der Waals surface area (Å²) in [6, 6.07) is 12.5. The monoisotopic (exact) mass is 219 g/mol. The maximum Gasteiger partial charge on any atom is 0.0412 e. The van der Waals surface area contributed by atoms with Gasteiger partial charge in [-0.1, -0.05) is 35.9 Å². The average molecular weight is 220 g/mol. The molecule has 2 N–H and O–H groups in total. The highest BCUT2D eigenvalue weighted by molar-refractivity contribution is 6.31. The molecular formula is C13H14ClN. The number of halogens is 1. The molecule has 0 saturated heterocycles. The van der Waals surface area contributed by atoms with Crippen molar-refractivity contribution in [2.24, 2.45) is 5.73 Å². The second-order valence-corrected chi connectivity index (χ2v) is 4.15. The molecule has 0 aliphatic carbocycles. The largest absolute Gasteiger partial charge is 0.330 e. The van der Waals surface area contributed by atoms with Crippen LogP contribution in [0.25, 0.3) is 10.8 Å². The van der Waals surface area contributed by atoms with Crippen molar-refractivity contribution in [1.29, 1.82) is 0 Å². The molecule has 2 heteroatoms. The zero-order valence-electron chi connectivity index (χ0n) is 8.54. The molecule has 2 aromatic rings. The van der Waals surface area contributed by atoms with Gasteiger partial charge in [0.2, 0.25) is 0 Å². The van der Waals surface area contributed by atoms with E-state index in [2.05, 4.69) is 24.3 Å². The highest BCUT2D eigenvalue weighted by Crippen LogP contribution is 2.20. The fraction of sp³-hybridized carbons (Fsp3) is 0.231. The van der Waals surface area contributed by atoms with Crippen LogP contribution in [0.4, 0.5) is 0 Å². The summed E-state index contributed by atoms with van der Waals surface area (Å²) in [6.07, 6.45) is 2.09. The molecule has 15 heavy (non-hydrogen) atoms. The van der Waals surface area contributed by atoms with E-state index in [9.17, 15) is 0 Å². The Labute approximate surface area is 94.9 Å². The first-order valence-corrected chi connectivity index (χ1v) is 5.55. The van der Waals surface area contributed by atoms with Crippen LogP contribution in [0.3, 0.4) is 0 Å². The number of benzene rings is 2. The number of fused-ring (bicyclic) bond motifs is 1. The molecule has 0 aliphatic rings. The molecule has 0 bridgehead atoms. The van der Waals surface area contributed by atoms with Crippen LogP contribution in [0.15, 0.2) is 36.4 Å². The summed E-state index contributed by atoms with van der Waals surface area (Å²) in [5.74, 6) is 0. The van der Waals surface area contributed by atoms with Crippen molar-refractivity contribution < 1.29 is 0 Å². The van der Waals surface area contributed by atoms with Crippen molar-refractivity contribution in [1.82, 2.24) is 0 Å². The molecule has 0 amide bonds. The molecule has 0 saturated carbocycles. The van der Waals surface area contributed by atoms with Gasteiger partial charge in [-0.05, 0) is 47.9 Å². The van der Waals surface area contributed by atoms with Gasteiger partial charge in [0, 0.05) is 5.02 Å². The van der Waals surface area contributed by atoms with E-state index in [0.717, 1.165) is 24.4 Å². The van der Waals surface area contributed by atoms with Crippen molar-refractivity contribution in [3.8, 4) is 0 Å². The van der Waals surface area contributed by atoms with Crippen LogP contribution in [-0.2, 0) is 6.42 Å². The van der Waals surface area contributed by atoms with Crippen LogP contribution in [0.5, 0.6) is 0 Å². The van der Waals surface area contributed by atoms with Gasteiger partial charge in [0.1, 0.15) is 0 Å². The first kappa shape index (κ1) is 10.5. The topological polar surface area (TPSA) is 26.0 Å². The molecule has 2 rings (SSSR count). The second kappa shape index (κ2) is 4.65. The SMILES string of the molecule is NCCCc1ccc2cc(Cl)ccc2c1. The summed E-state index contributed by atoms with van der Waals surface area (Å²) in [4.78, 5) is 0. The molecule has 1 nitrogen and oxygen atoms in total. The van der Waals surface area contributed by atoms with E-state index in [4.69, 9.17) is 17.3 Å². The predicted molar refractivity (Wildman–Crippen MR) is 66.3 cm³/mol. The van der Waals surface area contributed by atoms with Gasteiger partial charge in [0.05, 0.1) is 0 Å². The van der Waals surface area contributed by atoms with Crippen LogP contribution < -0.4 is 5.73 Å². The second-order valence-electron chi connectivity index (χ2n) is 3.72. The summed E-state index contributed by atoms with van der Waals surface area (Å²) < 4.78 is 0. The summed E-state index contributed by atoms with van der Waals surface area (Å²) in [5, 5.41) is 3.23. The number of nitrogens with two attached hydrogens (primary N) is 1. The van der Waals surface area contributed by atoms with E-state index in [-0.39, 0.29) is 0 Å². The minimum Gasteiger partial charge on any atom is -0.330 e. The molecule has 0 aliphatic heterocycles. The third kappa shape index (κ3) is 2.49. The first-order chi connectivity index (χ1) is 7.29. The van der Waals surface area contributed by atoms with Crippen molar-refractivity contribution in [3.63, 3.8) is 0 Å². The number of hydrogen-bond donors (Lipinski definition) is 1. The third-order valence-corrected chi connectivity index (χ3v) is 2.77. The Morgan fingerprint density at radius 2 is 1.73 bits per heavy atom. The number of rotatable bonds is 3. The molecule has 2 aromatic carbocycles. The van der Waals surface area contributed by atoms with Gasteiger partial charge in [-0.15, -0.1) is 0 Å². The van der Waals surface area contributed by atoms with Gasteiger partial charge in [0.15, 0.2) is 0 Å². The summed E-state index contributed by atoms with van der Waals surface area (Å²) in [7, 11) is 0. The lowest BCUT2D eigenvalue weighted by atomic mass is 10.0. The lowest BCUT2D eigenvalue weighted by Gasteiger charge is -2.03. The molecule has 0 spiro atoms. The Balaban J connectivity index is 2.34. The quantitative estimate of drug-likeness (QED) is 0.842. The molecule has 78 valence electrons. The summed E-state index contributed by atoms with van der Waals surface area (Å²) in [6.45, 7) is 0.749. The lowest BCUT2D eigenvalue weighted by molar-refractivity contribution is 0.833. The van der Waals surface area contributed by atoms with Gasteiger partial charge < -0.3 is 5.73 Å². The van der Waals surface area contributed by atoms with Crippen LogP contribution >= 0.6 is 11.6 Å². The van der Waals surface area contributed by atoms with Crippen molar-refractivity contribution in [2.75, 3.05) is 6.54 Å². The number of aryl methyl sites for hydroxylation is 1. The Kier molecular flexibility index (Phi) is 3.24. The van der Waals surface area contributed by atoms with Crippen LogP contribution in [0, 0.1) is 0 Å². The maximum atomic E-state index is 5.93. The van der Waals surface area contributed by atoms with Gasteiger partial charge >= 0.3 is 0 Å². The summed E-state index contributed by atoms with van der Waals surface area (Å²) in [5.41, 5.74) is 6.83. The van der Waals surface area contributed by atoms with E-state index in [1.54, 1.807) is 0 Å². The molecule has 0 unspecified atom stereocenters.